The number of urea groups is 1. The van der Waals surface area contributed by atoms with Crippen LogP contribution in [0.1, 0.15) is 26.2 Å². The summed E-state index contributed by atoms with van der Waals surface area (Å²) >= 11 is 0. The van der Waals surface area contributed by atoms with Crippen LogP contribution in [0.3, 0.4) is 0 Å². The highest BCUT2D eigenvalue weighted by molar-refractivity contribution is 5.75. The van der Waals surface area contributed by atoms with Gasteiger partial charge in [-0.1, -0.05) is 0 Å². The van der Waals surface area contributed by atoms with Crippen molar-refractivity contribution in [3.05, 3.63) is 0 Å². The predicted octanol–water partition coefficient (Wildman–Crippen LogP) is 0.918. The fourth-order valence-corrected chi connectivity index (χ4v) is 2.06. The molecule has 0 saturated carbocycles. The van der Waals surface area contributed by atoms with E-state index >= 15 is 0 Å². The maximum atomic E-state index is 11.8. The molecule has 1 aliphatic rings. The predicted molar refractivity (Wildman–Crippen MR) is 66.4 cm³/mol. The van der Waals surface area contributed by atoms with E-state index in [1.807, 2.05) is 0 Å². The van der Waals surface area contributed by atoms with Crippen LogP contribution in [0, 0.1) is 5.92 Å². The number of carboxylic acid groups (broad SMARTS) is 1. The lowest BCUT2D eigenvalue weighted by Gasteiger charge is -2.28. The van der Waals surface area contributed by atoms with E-state index in [0.717, 1.165) is 19.4 Å². The van der Waals surface area contributed by atoms with Gasteiger partial charge in [-0.3, -0.25) is 4.79 Å². The number of hydrogen-bond donors (Lipinski definition) is 2. The molecular formula is C12H22N2O4. The van der Waals surface area contributed by atoms with Gasteiger partial charge in [0.25, 0.3) is 0 Å². The molecule has 2 atom stereocenters. The molecule has 2 amide bonds. The Bertz CT molecular complexity index is 290. The Labute approximate surface area is 107 Å². The number of rotatable bonds is 5. The third kappa shape index (κ3) is 5.35. The van der Waals surface area contributed by atoms with E-state index in [1.54, 1.807) is 18.9 Å². The molecular weight excluding hydrogens is 236 g/mol. The minimum Gasteiger partial charge on any atom is -0.481 e. The van der Waals surface area contributed by atoms with Gasteiger partial charge in [0.1, 0.15) is 0 Å². The van der Waals surface area contributed by atoms with Crippen LogP contribution in [-0.2, 0) is 9.53 Å². The SMILES string of the molecule is CC(CC(=O)O)NC(=O)N(C)CC1CCCOC1. The van der Waals surface area contributed by atoms with Crippen LogP contribution in [0.4, 0.5) is 4.79 Å². The third-order valence-electron chi connectivity index (χ3n) is 2.98. The third-order valence-corrected chi connectivity index (χ3v) is 2.98. The number of hydrogen-bond acceptors (Lipinski definition) is 3. The fourth-order valence-electron chi connectivity index (χ4n) is 2.06. The van der Waals surface area contributed by atoms with Gasteiger partial charge in [0, 0.05) is 32.2 Å². The first-order chi connectivity index (χ1) is 8.49. The molecule has 1 rings (SSSR count). The average Bonchev–Trinajstić information content (AvgIpc) is 2.28. The molecule has 0 aromatic carbocycles. The average molecular weight is 258 g/mol. The Balaban J connectivity index is 2.29. The van der Waals surface area contributed by atoms with Crippen molar-refractivity contribution >= 4 is 12.0 Å². The quantitative estimate of drug-likeness (QED) is 0.768. The number of nitrogens with zero attached hydrogens (tertiary/aromatic N) is 1. The highest BCUT2D eigenvalue weighted by Crippen LogP contribution is 2.14. The summed E-state index contributed by atoms with van der Waals surface area (Å²) in [6.07, 6.45) is 2.05. The molecule has 2 unspecified atom stereocenters. The molecule has 2 N–H and O–H groups in total. The number of carboxylic acids is 1. The minimum atomic E-state index is -0.911. The number of amides is 2. The lowest BCUT2D eigenvalue weighted by atomic mass is 10.0. The Morgan fingerprint density at radius 3 is 2.83 bits per heavy atom. The number of carbonyl (C=O) groups is 2. The molecule has 0 spiro atoms. The summed E-state index contributed by atoms with van der Waals surface area (Å²) in [6, 6.07) is -0.589. The molecule has 0 radical (unpaired) electrons. The van der Waals surface area contributed by atoms with E-state index < -0.39 is 5.97 Å². The van der Waals surface area contributed by atoms with E-state index in [2.05, 4.69) is 5.32 Å². The summed E-state index contributed by atoms with van der Waals surface area (Å²) in [4.78, 5) is 23.9. The molecule has 1 aliphatic heterocycles. The molecule has 1 fully saturated rings. The molecule has 18 heavy (non-hydrogen) atoms. The summed E-state index contributed by atoms with van der Waals surface area (Å²) in [6.45, 7) is 3.83. The maximum absolute atomic E-state index is 11.8. The van der Waals surface area contributed by atoms with Crippen molar-refractivity contribution in [1.82, 2.24) is 10.2 Å². The van der Waals surface area contributed by atoms with Crippen LogP contribution in [-0.4, -0.2) is 54.9 Å². The van der Waals surface area contributed by atoms with E-state index in [0.29, 0.717) is 19.1 Å². The Kier molecular flexibility index (Phi) is 5.91. The molecule has 0 aliphatic carbocycles. The molecule has 1 saturated heterocycles. The van der Waals surface area contributed by atoms with Crippen molar-refractivity contribution in [2.75, 3.05) is 26.8 Å². The van der Waals surface area contributed by atoms with E-state index in [4.69, 9.17) is 9.84 Å². The van der Waals surface area contributed by atoms with Crippen LogP contribution in [0.5, 0.6) is 0 Å². The molecule has 1 heterocycles. The van der Waals surface area contributed by atoms with Crippen LogP contribution in [0.25, 0.3) is 0 Å². The monoisotopic (exact) mass is 258 g/mol. The first kappa shape index (κ1) is 14.8. The molecule has 6 nitrogen and oxygen atoms in total. The van der Waals surface area contributed by atoms with Gasteiger partial charge in [-0.2, -0.15) is 0 Å². The van der Waals surface area contributed by atoms with Crippen molar-refractivity contribution < 1.29 is 19.4 Å². The zero-order valence-electron chi connectivity index (χ0n) is 11.0. The van der Waals surface area contributed by atoms with Crippen LogP contribution >= 0.6 is 0 Å². The summed E-state index contributed by atoms with van der Waals surface area (Å²) in [7, 11) is 1.72. The lowest BCUT2D eigenvalue weighted by Crippen LogP contribution is -2.45. The smallest absolute Gasteiger partial charge is 0.317 e. The van der Waals surface area contributed by atoms with E-state index in [9.17, 15) is 9.59 Å². The zero-order valence-corrected chi connectivity index (χ0v) is 11.0. The van der Waals surface area contributed by atoms with Gasteiger partial charge >= 0.3 is 12.0 Å². The second-order valence-corrected chi connectivity index (χ2v) is 4.91. The van der Waals surface area contributed by atoms with Crippen molar-refractivity contribution in [3.8, 4) is 0 Å². The van der Waals surface area contributed by atoms with Crippen molar-refractivity contribution in [3.63, 3.8) is 0 Å². The first-order valence-electron chi connectivity index (χ1n) is 6.30. The zero-order chi connectivity index (χ0) is 13.5. The van der Waals surface area contributed by atoms with Crippen molar-refractivity contribution in [2.24, 2.45) is 5.92 Å². The summed E-state index contributed by atoms with van der Waals surface area (Å²) in [5.74, 6) is -0.532. The number of aliphatic carboxylic acids is 1. The largest absolute Gasteiger partial charge is 0.481 e. The van der Waals surface area contributed by atoms with Crippen molar-refractivity contribution in [1.29, 1.82) is 0 Å². The van der Waals surface area contributed by atoms with Crippen molar-refractivity contribution in [2.45, 2.75) is 32.2 Å². The van der Waals surface area contributed by atoms with Crippen LogP contribution in [0.15, 0.2) is 0 Å². The van der Waals surface area contributed by atoms with Gasteiger partial charge < -0.3 is 20.1 Å². The Hall–Kier alpha value is -1.30. The summed E-state index contributed by atoms with van der Waals surface area (Å²) < 4.78 is 5.36. The Morgan fingerprint density at radius 2 is 2.28 bits per heavy atom. The number of ether oxygens (including phenoxy) is 1. The lowest BCUT2D eigenvalue weighted by molar-refractivity contribution is -0.137. The van der Waals surface area contributed by atoms with Gasteiger partial charge in [0.2, 0.25) is 0 Å². The van der Waals surface area contributed by atoms with E-state index in [-0.39, 0.29) is 18.5 Å². The van der Waals surface area contributed by atoms with Gasteiger partial charge in [-0.15, -0.1) is 0 Å². The summed E-state index contributed by atoms with van der Waals surface area (Å²) in [5, 5.41) is 11.3. The van der Waals surface area contributed by atoms with Gasteiger partial charge in [0.15, 0.2) is 0 Å². The Morgan fingerprint density at radius 1 is 1.56 bits per heavy atom. The second kappa shape index (κ2) is 7.20. The fraction of sp³-hybridized carbons (Fsp3) is 0.833. The normalized spacial score (nSPS) is 21.1. The highest BCUT2D eigenvalue weighted by atomic mass is 16.5. The van der Waals surface area contributed by atoms with Crippen LogP contribution < -0.4 is 5.32 Å². The highest BCUT2D eigenvalue weighted by Gasteiger charge is 2.20. The van der Waals surface area contributed by atoms with Crippen LogP contribution in [0.2, 0.25) is 0 Å². The minimum absolute atomic E-state index is 0.0634. The molecule has 6 heteroatoms. The second-order valence-electron chi connectivity index (χ2n) is 4.91. The summed E-state index contributed by atoms with van der Waals surface area (Å²) in [5.41, 5.74) is 0. The van der Waals surface area contributed by atoms with E-state index in [1.165, 1.54) is 0 Å². The maximum Gasteiger partial charge on any atom is 0.317 e. The molecule has 104 valence electrons. The molecule has 0 bridgehead atoms. The van der Waals surface area contributed by atoms with Gasteiger partial charge in [-0.05, 0) is 19.8 Å². The first-order valence-corrected chi connectivity index (χ1v) is 6.30. The topological polar surface area (TPSA) is 78.9 Å². The molecule has 0 aromatic heterocycles. The molecule has 0 aromatic rings. The van der Waals surface area contributed by atoms with Gasteiger partial charge in [0.05, 0.1) is 13.0 Å². The standard InChI is InChI=1S/C12H22N2O4/c1-9(6-11(15)16)13-12(17)14(2)7-10-4-3-5-18-8-10/h9-10H,3-8H2,1-2H3,(H,13,17)(H,15,16). The van der Waals surface area contributed by atoms with Gasteiger partial charge in [-0.25, -0.2) is 4.79 Å². The number of nitrogens with one attached hydrogen (secondary N) is 1. The number of carbonyl (C=O) groups excluding carboxylic acids is 1.